The minimum absolute atomic E-state index is 0.110. The van der Waals surface area contributed by atoms with E-state index >= 15 is 0 Å². The first-order valence-corrected chi connectivity index (χ1v) is 8.20. The zero-order chi connectivity index (χ0) is 19.1. The van der Waals surface area contributed by atoms with Gasteiger partial charge in [-0.05, 0) is 50.1 Å². The number of rotatable bonds is 7. The fourth-order valence-corrected chi connectivity index (χ4v) is 2.34. The molecule has 6 heteroatoms. The SMILES string of the molecule is COc1ccc(C(C)=NNC(=O)COc2cc(C)ccc2C)c(OC)c1. The molecule has 138 valence electrons. The van der Waals surface area contributed by atoms with Crippen LogP contribution in [0.1, 0.15) is 23.6 Å². The first kappa shape index (κ1) is 19.3. The molecule has 26 heavy (non-hydrogen) atoms. The van der Waals surface area contributed by atoms with Crippen molar-refractivity contribution in [1.82, 2.24) is 5.43 Å². The van der Waals surface area contributed by atoms with Gasteiger partial charge in [-0.1, -0.05) is 12.1 Å². The Balaban J connectivity index is 2.00. The van der Waals surface area contributed by atoms with Gasteiger partial charge in [0.05, 0.1) is 19.9 Å². The van der Waals surface area contributed by atoms with Crippen LogP contribution in [0.25, 0.3) is 0 Å². The molecule has 0 aliphatic rings. The first-order chi connectivity index (χ1) is 12.4. The van der Waals surface area contributed by atoms with Gasteiger partial charge in [-0.2, -0.15) is 5.10 Å². The monoisotopic (exact) mass is 356 g/mol. The average molecular weight is 356 g/mol. The van der Waals surface area contributed by atoms with Gasteiger partial charge in [-0.15, -0.1) is 0 Å². The molecule has 0 heterocycles. The summed E-state index contributed by atoms with van der Waals surface area (Å²) in [7, 11) is 3.16. The number of nitrogens with one attached hydrogen (secondary N) is 1. The van der Waals surface area contributed by atoms with Crippen LogP contribution in [-0.2, 0) is 4.79 Å². The molecule has 0 unspecified atom stereocenters. The number of hydrogen-bond donors (Lipinski definition) is 1. The summed E-state index contributed by atoms with van der Waals surface area (Å²) >= 11 is 0. The van der Waals surface area contributed by atoms with E-state index in [9.17, 15) is 4.79 Å². The van der Waals surface area contributed by atoms with E-state index in [4.69, 9.17) is 14.2 Å². The van der Waals surface area contributed by atoms with Crippen LogP contribution >= 0.6 is 0 Å². The molecule has 0 spiro atoms. The van der Waals surface area contributed by atoms with Crippen LogP contribution in [0.5, 0.6) is 17.2 Å². The maximum atomic E-state index is 12.0. The Morgan fingerprint density at radius 2 is 1.81 bits per heavy atom. The highest BCUT2D eigenvalue weighted by molar-refractivity contribution is 6.01. The van der Waals surface area contributed by atoms with Crippen LogP contribution in [0.2, 0.25) is 0 Å². The van der Waals surface area contributed by atoms with Gasteiger partial charge in [-0.3, -0.25) is 4.79 Å². The topological polar surface area (TPSA) is 69.2 Å². The van der Waals surface area contributed by atoms with Gasteiger partial charge >= 0.3 is 0 Å². The van der Waals surface area contributed by atoms with E-state index in [-0.39, 0.29) is 12.5 Å². The van der Waals surface area contributed by atoms with E-state index in [1.807, 2.05) is 44.2 Å². The first-order valence-electron chi connectivity index (χ1n) is 8.20. The Morgan fingerprint density at radius 3 is 2.50 bits per heavy atom. The Morgan fingerprint density at radius 1 is 1.04 bits per heavy atom. The summed E-state index contributed by atoms with van der Waals surface area (Å²) < 4.78 is 16.1. The Bertz CT molecular complexity index is 815. The predicted molar refractivity (Wildman–Crippen MR) is 101 cm³/mol. The predicted octanol–water partition coefficient (Wildman–Crippen LogP) is 3.24. The van der Waals surface area contributed by atoms with Crippen LogP contribution in [0.3, 0.4) is 0 Å². The molecule has 0 fully saturated rings. The average Bonchev–Trinajstić information content (AvgIpc) is 2.66. The maximum Gasteiger partial charge on any atom is 0.277 e. The van der Waals surface area contributed by atoms with Crippen molar-refractivity contribution in [2.45, 2.75) is 20.8 Å². The van der Waals surface area contributed by atoms with Crippen LogP contribution in [0, 0.1) is 13.8 Å². The molecule has 0 saturated heterocycles. The number of carbonyl (C=O) groups is 1. The molecule has 0 radical (unpaired) electrons. The van der Waals surface area contributed by atoms with Crippen molar-refractivity contribution in [1.29, 1.82) is 0 Å². The van der Waals surface area contributed by atoms with E-state index in [0.29, 0.717) is 23.0 Å². The third-order valence-electron chi connectivity index (χ3n) is 3.85. The number of aryl methyl sites for hydroxylation is 2. The van der Waals surface area contributed by atoms with Gasteiger partial charge in [0.1, 0.15) is 17.2 Å². The van der Waals surface area contributed by atoms with Crippen molar-refractivity contribution in [3.05, 3.63) is 53.1 Å². The van der Waals surface area contributed by atoms with Crippen molar-refractivity contribution < 1.29 is 19.0 Å². The number of hydrazone groups is 1. The van der Waals surface area contributed by atoms with Gasteiger partial charge in [0, 0.05) is 11.6 Å². The number of ether oxygens (including phenoxy) is 3. The summed E-state index contributed by atoms with van der Waals surface area (Å²) in [6.45, 7) is 5.59. The highest BCUT2D eigenvalue weighted by Gasteiger charge is 2.09. The lowest BCUT2D eigenvalue weighted by Crippen LogP contribution is -2.25. The number of carbonyl (C=O) groups excluding carboxylic acids is 1. The van der Waals surface area contributed by atoms with Crippen LogP contribution < -0.4 is 19.6 Å². The molecule has 2 aromatic carbocycles. The van der Waals surface area contributed by atoms with Crippen molar-refractivity contribution >= 4 is 11.6 Å². The summed E-state index contributed by atoms with van der Waals surface area (Å²) in [4.78, 5) is 12.0. The second kappa shape index (κ2) is 8.89. The maximum absolute atomic E-state index is 12.0. The Hall–Kier alpha value is -3.02. The summed E-state index contributed by atoms with van der Waals surface area (Å²) in [6.07, 6.45) is 0. The number of nitrogens with zero attached hydrogens (tertiary/aromatic N) is 1. The quantitative estimate of drug-likeness (QED) is 0.611. The number of hydrogen-bond acceptors (Lipinski definition) is 5. The normalized spacial score (nSPS) is 11.0. The van der Waals surface area contributed by atoms with Gasteiger partial charge < -0.3 is 14.2 Å². The molecule has 2 rings (SSSR count). The Kier molecular flexibility index (Phi) is 6.60. The molecule has 6 nitrogen and oxygen atoms in total. The largest absolute Gasteiger partial charge is 0.497 e. The molecular weight excluding hydrogens is 332 g/mol. The lowest BCUT2D eigenvalue weighted by atomic mass is 10.1. The summed E-state index contributed by atoms with van der Waals surface area (Å²) in [5.41, 5.74) is 5.94. The highest BCUT2D eigenvalue weighted by Crippen LogP contribution is 2.25. The number of methoxy groups -OCH3 is 2. The fraction of sp³-hybridized carbons (Fsp3) is 0.300. The highest BCUT2D eigenvalue weighted by atomic mass is 16.5. The molecule has 0 aromatic heterocycles. The fourth-order valence-electron chi connectivity index (χ4n) is 2.34. The molecular formula is C20H24N2O4. The molecule has 0 atom stereocenters. The molecule has 0 bridgehead atoms. The second-order valence-corrected chi connectivity index (χ2v) is 5.86. The van der Waals surface area contributed by atoms with Crippen LogP contribution in [0.4, 0.5) is 0 Å². The zero-order valence-electron chi connectivity index (χ0n) is 15.8. The molecule has 1 amide bonds. The molecule has 0 aliphatic carbocycles. The van der Waals surface area contributed by atoms with E-state index in [1.54, 1.807) is 27.2 Å². The van der Waals surface area contributed by atoms with Gasteiger partial charge in [0.15, 0.2) is 6.61 Å². The number of amides is 1. The van der Waals surface area contributed by atoms with Gasteiger partial charge in [-0.25, -0.2) is 5.43 Å². The lowest BCUT2D eigenvalue weighted by molar-refractivity contribution is -0.123. The van der Waals surface area contributed by atoms with E-state index in [0.717, 1.165) is 16.7 Å². The Labute approximate surface area is 153 Å². The van der Waals surface area contributed by atoms with Crippen molar-refractivity contribution in [3.8, 4) is 17.2 Å². The van der Waals surface area contributed by atoms with E-state index in [1.165, 1.54) is 0 Å². The smallest absolute Gasteiger partial charge is 0.277 e. The lowest BCUT2D eigenvalue weighted by Gasteiger charge is -2.11. The van der Waals surface area contributed by atoms with E-state index < -0.39 is 0 Å². The minimum Gasteiger partial charge on any atom is -0.497 e. The third kappa shape index (κ3) is 4.99. The van der Waals surface area contributed by atoms with Crippen LogP contribution in [0.15, 0.2) is 41.5 Å². The second-order valence-electron chi connectivity index (χ2n) is 5.86. The van der Waals surface area contributed by atoms with Gasteiger partial charge in [0.25, 0.3) is 5.91 Å². The third-order valence-corrected chi connectivity index (χ3v) is 3.85. The van der Waals surface area contributed by atoms with Crippen molar-refractivity contribution in [3.63, 3.8) is 0 Å². The summed E-state index contributed by atoms with van der Waals surface area (Å²) in [5.74, 6) is 1.66. The van der Waals surface area contributed by atoms with Crippen molar-refractivity contribution in [2.24, 2.45) is 5.10 Å². The summed E-state index contributed by atoms with van der Waals surface area (Å²) in [5, 5.41) is 4.13. The molecule has 1 N–H and O–H groups in total. The zero-order valence-corrected chi connectivity index (χ0v) is 15.8. The van der Waals surface area contributed by atoms with Crippen LogP contribution in [-0.4, -0.2) is 32.4 Å². The number of benzene rings is 2. The van der Waals surface area contributed by atoms with Crippen molar-refractivity contribution in [2.75, 3.05) is 20.8 Å². The standard InChI is InChI=1S/C20H24N2O4/c1-13-6-7-14(2)18(10-13)26-12-20(23)22-21-15(3)17-9-8-16(24-4)11-19(17)25-5/h6-11H,12H2,1-5H3,(H,22,23). The molecule has 0 aliphatic heterocycles. The summed E-state index contributed by atoms with van der Waals surface area (Å²) in [6, 6.07) is 11.3. The molecule has 0 saturated carbocycles. The minimum atomic E-state index is -0.335. The van der Waals surface area contributed by atoms with Gasteiger partial charge in [0.2, 0.25) is 0 Å². The molecule has 2 aromatic rings. The van der Waals surface area contributed by atoms with E-state index in [2.05, 4.69) is 10.5 Å².